The molecule has 3 aromatic carbocycles. The van der Waals surface area contributed by atoms with Gasteiger partial charge in [0.05, 0.1) is 17.5 Å². The fourth-order valence-electron chi connectivity index (χ4n) is 7.10. The Balaban J connectivity index is 1.27. The number of hydrogen-bond donors (Lipinski definition) is 0. The maximum Gasteiger partial charge on any atom is 0.253 e. The quantitative estimate of drug-likeness (QED) is 0.492. The zero-order chi connectivity index (χ0) is 24.6. The molecule has 36 heavy (non-hydrogen) atoms. The number of likely N-dealkylation sites (tertiary alicyclic amines) is 1. The van der Waals surface area contributed by atoms with Gasteiger partial charge in [-0.05, 0) is 59.2 Å². The third-order valence-electron chi connectivity index (χ3n) is 8.87. The number of piperidine rings is 1. The fraction of sp³-hybridized carbons (Fsp3) is 0.323. The SMILES string of the molecule is CC1CCN(C(=O)c2cccc(N3C(=O)[C@@H]4C5c6ccccc6C(c6ccccc65)[C@H]4C3=O)c2)CC1. The molecule has 2 bridgehead atoms. The van der Waals surface area contributed by atoms with Crippen LogP contribution >= 0.6 is 0 Å². The summed E-state index contributed by atoms with van der Waals surface area (Å²) in [5, 5.41) is 0. The number of benzene rings is 3. The standard InChI is InChI=1S/C31H28N2O3/c1-18-13-15-32(16-14-18)29(34)19-7-6-8-20(17-19)33-30(35)27-25-21-9-2-3-10-22(21)26(28(27)31(33)36)24-12-5-4-11-23(24)25/h2-12,17-18,25-28H,13-16H2,1H3/t25?,26?,27-,28-/m1/s1. The van der Waals surface area contributed by atoms with Crippen molar-refractivity contribution in [2.24, 2.45) is 17.8 Å². The van der Waals surface area contributed by atoms with Gasteiger partial charge in [-0.15, -0.1) is 0 Å². The van der Waals surface area contributed by atoms with Crippen LogP contribution in [0.2, 0.25) is 0 Å². The van der Waals surface area contributed by atoms with E-state index in [1.54, 1.807) is 24.3 Å². The number of hydrogen-bond acceptors (Lipinski definition) is 3. The van der Waals surface area contributed by atoms with Crippen LogP contribution in [0.4, 0.5) is 5.69 Å². The number of rotatable bonds is 2. The van der Waals surface area contributed by atoms with Crippen molar-refractivity contribution in [3.05, 3.63) is 101 Å². The molecule has 8 rings (SSSR count). The smallest absolute Gasteiger partial charge is 0.253 e. The van der Waals surface area contributed by atoms with E-state index in [0.717, 1.165) is 48.2 Å². The van der Waals surface area contributed by atoms with E-state index in [9.17, 15) is 14.4 Å². The number of carbonyl (C=O) groups excluding carboxylic acids is 3. The molecule has 3 amide bonds. The van der Waals surface area contributed by atoms with Gasteiger partial charge in [0.2, 0.25) is 11.8 Å². The Morgan fingerprint density at radius 3 is 1.72 bits per heavy atom. The Bertz CT molecular complexity index is 1310. The highest BCUT2D eigenvalue weighted by atomic mass is 16.2. The van der Waals surface area contributed by atoms with E-state index in [-0.39, 0.29) is 29.6 Å². The second-order valence-electron chi connectivity index (χ2n) is 10.8. The normalized spacial score (nSPS) is 26.6. The topological polar surface area (TPSA) is 57.7 Å². The van der Waals surface area contributed by atoms with Crippen LogP contribution in [-0.4, -0.2) is 35.7 Å². The van der Waals surface area contributed by atoms with Gasteiger partial charge in [-0.2, -0.15) is 0 Å². The lowest BCUT2D eigenvalue weighted by atomic mass is 9.55. The molecule has 2 heterocycles. The van der Waals surface area contributed by atoms with Crippen LogP contribution in [0.15, 0.2) is 72.8 Å². The van der Waals surface area contributed by atoms with Crippen LogP contribution in [0.25, 0.3) is 0 Å². The van der Waals surface area contributed by atoms with Gasteiger partial charge in [-0.3, -0.25) is 14.4 Å². The molecule has 0 N–H and O–H groups in total. The lowest BCUT2D eigenvalue weighted by Gasteiger charge is -2.45. The summed E-state index contributed by atoms with van der Waals surface area (Å²) in [6.45, 7) is 3.71. The van der Waals surface area contributed by atoms with Gasteiger partial charge < -0.3 is 4.90 Å². The van der Waals surface area contributed by atoms with Crippen molar-refractivity contribution >= 4 is 23.4 Å². The molecule has 0 radical (unpaired) electrons. The van der Waals surface area contributed by atoms with Crippen molar-refractivity contribution in [2.45, 2.75) is 31.6 Å². The van der Waals surface area contributed by atoms with Crippen molar-refractivity contribution in [3.8, 4) is 0 Å². The Hall–Kier alpha value is -3.73. The summed E-state index contributed by atoms with van der Waals surface area (Å²) in [7, 11) is 0. The molecule has 0 unspecified atom stereocenters. The molecule has 5 heteroatoms. The first kappa shape index (κ1) is 21.5. The third-order valence-corrected chi connectivity index (χ3v) is 8.87. The zero-order valence-corrected chi connectivity index (χ0v) is 20.3. The number of anilines is 1. The molecule has 180 valence electrons. The van der Waals surface area contributed by atoms with E-state index in [2.05, 4.69) is 31.2 Å². The Morgan fingerprint density at radius 2 is 1.22 bits per heavy atom. The van der Waals surface area contributed by atoms with E-state index in [4.69, 9.17) is 0 Å². The summed E-state index contributed by atoms with van der Waals surface area (Å²) in [4.78, 5) is 44.5. The van der Waals surface area contributed by atoms with Crippen LogP contribution in [0.5, 0.6) is 0 Å². The van der Waals surface area contributed by atoms with Crippen LogP contribution in [0, 0.1) is 17.8 Å². The van der Waals surface area contributed by atoms with Crippen molar-refractivity contribution in [2.75, 3.05) is 18.0 Å². The molecule has 2 aliphatic heterocycles. The minimum Gasteiger partial charge on any atom is -0.339 e. The van der Waals surface area contributed by atoms with Crippen molar-refractivity contribution in [1.29, 1.82) is 0 Å². The first-order chi connectivity index (χ1) is 17.5. The average Bonchev–Trinajstić information content (AvgIpc) is 3.19. The van der Waals surface area contributed by atoms with E-state index in [1.165, 1.54) is 4.90 Å². The maximum absolute atomic E-state index is 14.0. The van der Waals surface area contributed by atoms with Gasteiger partial charge in [0.15, 0.2) is 0 Å². The predicted molar refractivity (Wildman–Crippen MR) is 137 cm³/mol. The van der Waals surface area contributed by atoms with E-state index in [1.807, 2.05) is 29.2 Å². The van der Waals surface area contributed by atoms with Gasteiger partial charge in [-0.25, -0.2) is 4.90 Å². The van der Waals surface area contributed by atoms with Gasteiger partial charge in [0.1, 0.15) is 0 Å². The zero-order valence-electron chi connectivity index (χ0n) is 20.3. The van der Waals surface area contributed by atoms with E-state index >= 15 is 0 Å². The monoisotopic (exact) mass is 476 g/mol. The maximum atomic E-state index is 14.0. The minimum absolute atomic E-state index is 0.0276. The van der Waals surface area contributed by atoms with Crippen LogP contribution in [0.3, 0.4) is 0 Å². The lowest BCUT2D eigenvalue weighted by Crippen LogP contribution is -2.41. The molecule has 0 aromatic heterocycles. The van der Waals surface area contributed by atoms with Crippen LogP contribution in [-0.2, 0) is 9.59 Å². The molecule has 2 saturated heterocycles. The Morgan fingerprint density at radius 1 is 0.722 bits per heavy atom. The van der Waals surface area contributed by atoms with Crippen LogP contribution < -0.4 is 4.90 Å². The van der Waals surface area contributed by atoms with Crippen molar-refractivity contribution in [1.82, 2.24) is 4.90 Å². The second kappa shape index (κ2) is 7.89. The highest BCUT2D eigenvalue weighted by molar-refractivity contribution is 6.23. The predicted octanol–water partition coefficient (Wildman–Crippen LogP) is 4.96. The number of nitrogens with zero attached hydrogens (tertiary/aromatic N) is 2. The lowest BCUT2D eigenvalue weighted by molar-refractivity contribution is -0.122. The largest absolute Gasteiger partial charge is 0.339 e. The number of amides is 3. The van der Waals surface area contributed by atoms with Crippen molar-refractivity contribution < 1.29 is 14.4 Å². The molecular formula is C31H28N2O3. The molecule has 5 aliphatic rings. The molecular weight excluding hydrogens is 448 g/mol. The fourth-order valence-corrected chi connectivity index (χ4v) is 7.10. The first-order valence-electron chi connectivity index (χ1n) is 13.0. The number of carbonyl (C=O) groups is 3. The van der Waals surface area contributed by atoms with Gasteiger partial charge in [0, 0.05) is 30.5 Å². The van der Waals surface area contributed by atoms with Gasteiger partial charge in [-0.1, -0.05) is 61.5 Å². The molecule has 5 nitrogen and oxygen atoms in total. The summed E-state index contributed by atoms with van der Waals surface area (Å²) in [5.41, 5.74) is 5.68. The molecule has 0 spiro atoms. The van der Waals surface area contributed by atoms with Crippen molar-refractivity contribution in [3.63, 3.8) is 0 Å². The highest BCUT2D eigenvalue weighted by Gasteiger charge is 2.61. The highest BCUT2D eigenvalue weighted by Crippen LogP contribution is 2.61. The summed E-state index contributed by atoms with van der Waals surface area (Å²) in [6, 6.07) is 23.6. The molecule has 3 aromatic rings. The summed E-state index contributed by atoms with van der Waals surface area (Å²) in [5.74, 6) is -0.804. The first-order valence-corrected chi connectivity index (χ1v) is 13.0. The summed E-state index contributed by atoms with van der Waals surface area (Å²) < 4.78 is 0. The van der Waals surface area contributed by atoms with E-state index in [0.29, 0.717) is 17.2 Å². The average molecular weight is 477 g/mol. The number of imide groups is 1. The minimum atomic E-state index is -0.421. The summed E-state index contributed by atoms with van der Waals surface area (Å²) in [6.07, 6.45) is 2.00. The Kier molecular flexibility index (Phi) is 4.72. The van der Waals surface area contributed by atoms with Gasteiger partial charge in [0.25, 0.3) is 5.91 Å². The summed E-state index contributed by atoms with van der Waals surface area (Å²) >= 11 is 0. The third kappa shape index (κ3) is 2.92. The molecule has 2 atom stereocenters. The molecule has 0 saturated carbocycles. The van der Waals surface area contributed by atoms with Crippen LogP contribution in [0.1, 0.15) is 64.2 Å². The Labute approximate surface area is 210 Å². The molecule has 3 aliphatic carbocycles. The second-order valence-corrected chi connectivity index (χ2v) is 10.8. The molecule has 2 fully saturated rings. The van der Waals surface area contributed by atoms with Gasteiger partial charge >= 0.3 is 0 Å². The van der Waals surface area contributed by atoms with E-state index < -0.39 is 11.8 Å².